The molecule has 0 bridgehead atoms. The van der Waals surface area contributed by atoms with Crippen molar-refractivity contribution >= 4 is 17.6 Å². The molecular formula is C7H12N2O4S. The van der Waals surface area contributed by atoms with Crippen molar-refractivity contribution in [1.82, 2.24) is 9.03 Å². The molecule has 0 spiro atoms. The first kappa shape index (κ1) is 10.0. The van der Waals surface area contributed by atoms with Crippen LogP contribution in [-0.2, 0) is 21.0 Å². The van der Waals surface area contributed by atoms with E-state index in [9.17, 15) is 9.35 Å². The number of cyclic esters (lactones) is 1. The van der Waals surface area contributed by atoms with Crippen molar-refractivity contribution in [2.45, 2.75) is 12.5 Å². The Bertz CT molecular complexity index is 246. The minimum Gasteiger partial charge on any atom is -0.573 e. The zero-order valence-electron chi connectivity index (χ0n) is 7.82. The molecule has 7 heteroatoms. The highest BCUT2D eigenvalue weighted by Gasteiger charge is 2.42. The molecule has 0 aliphatic carbocycles. The van der Waals surface area contributed by atoms with Crippen LogP contribution in [0.5, 0.6) is 0 Å². The SMILES string of the molecule is CC1(N[S+]([O-])N2CCOC2=O)COC1. The Morgan fingerprint density at radius 2 is 2.36 bits per heavy atom. The lowest BCUT2D eigenvalue weighted by atomic mass is 10.0. The lowest BCUT2D eigenvalue weighted by Crippen LogP contribution is -2.62. The van der Waals surface area contributed by atoms with Crippen LogP contribution in [0.4, 0.5) is 4.79 Å². The van der Waals surface area contributed by atoms with E-state index in [0.29, 0.717) is 26.4 Å². The van der Waals surface area contributed by atoms with E-state index in [-0.39, 0.29) is 5.54 Å². The summed E-state index contributed by atoms with van der Waals surface area (Å²) in [6.07, 6.45) is -0.528. The first-order valence-electron chi connectivity index (χ1n) is 4.32. The van der Waals surface area contributed by atoms with Crippen LogP contribution in [0.3, 0.4) is 0 Å². The Morgan fingerprint density at radius 3 is 2.79 bits per heavy atom. The van der Waals surface area contributed by atoms with Crippen LogP contribution in [0.1, 0.15) is 6.92 Å². The highest BCUT2D eigenvalue weighted by atomic mass is 32.2. The van der Waals surface area contributed by atoms with Gasteiger partial charge in [0.25, 0.3) is 0 Å². The van der Waals surface area contributed by atoms with Gasteiger partial charge in [-0.25, -0.2) is 4.79 Å². The van der Waals surface area contributed by atoms with Crippen LogP contribution in [-0.4, -0.2) is 46.9 Å². The first-order chi connectivity index (χ1) is 6.61. The molecule has 2 aliphatic heterocycles. The third kappa shape index (κ3) is 1.81. The quantitative estimate of drug-likeness (QED) is 0.643. The fourth-order valence-electron chi connectivity index (χ4n) is 1.26. The lowest BCUT2D eigenvalue weighted by molar-refractivity contribution is -0.0528. The van der Waals surface area contributed by atoms with Crippen LogP contribution in [0.25, 0.3) is 0 Å². The van der Waals surface area contributed by atoms with Gasteiger partial charge in [-0.1, -0.05) is 0 Å². The lowest BCUT2D eigenvalue weighted by Gasteiger charge is -2.37. The van der Waals surface area contributed by atoms with E-state index in [1.165, 1.54) is 4.31 Å². The number of amides is 1. The molecule has 2 saturated heterocycles. The molecule has 80 valence electrons. The molecule has 0 aromatic carbocycles. The molecule has 6 nitrogen and oxygen atoms in total. The molecule has 2 fully saturated rings. The van der Waals surface area contributed by atoms with E-state index in [0.717, 1.165) is 0 Å². The number of hydrogen-bond donors (Lipinski definition) is 1. The van der Waals surface area contributed by atoms with Gasteiger partial charge in [-0.05, 0) is 6.92 Å². The Balaban J connectivity index is 1.88. The van der Waals surface area contributed by atoms with Crippen molar-refractivity contribution < 1.29 is 18.8 Å². The van der Waals surface area contributed by atoms with Crippen LogP contribution < -0.4 is 4.72 Å². The van der Waals surface area contributed by atoms with E-state index in [1.54, 1.807) is 0 Å². The second-order valence-corrected chi connectivity index (χ2v) is 4.76. The normalized spacial score (nSPS) is 27.0. The van der Waals surface area contributed by atoms with Gasteiger partial charge in [0.2, 0.25) is 0 Å². The van der Waals surface area contributed by atoms with Crippen molar-refractivity contribution in [3.05, 3.63) is 0 Å². The smallest absolute Gasteiger partial charge is 0.453 e. The molecule has 1 atom stereocenters. The van der Waals surface area contributed by atoms with Gasteiger partial charge < -0.3 is 14.0 Å². The minimum absolute atomic E-state index is 0.284. The number of nitrogens with zero attached hydrogens (tertiary/aromatic N) is 1. The Hall–Kier alpha value is -0.500. The molecule has 2 rings (SSSR count). The average molecular weight is 220 g/mol. The Kier molecular flexibility index (Phi) is 2.56. The van der Waals surface area contributed by atoms with Gasteiger partial charge in [0, 0.05) is 0 Å². The Labute approximate surface area is 85.0 Å². The first-order valence-corrected chi connectivity index (χ1v) is 5.43. The predicted molar refractivity (Wildman–Crippen MR) is 48.6 cm³/mol. The van der Waals surface area contributed by atoms with Gasteiger partial charge in [0.05, 0.1) is 13.2 Å². The molecule has 2 aliphatic rings. The summed E-state index contributed by atoms with van der Waals surface area (Å²) in [7, 11) is 0. The summed E-state index contributed by atoms with van der Waals surface area (Å²) < 4.78 is 25.3. The van der Waals surface area contributed by atoms with Crippen LogP contribution >= 0.6 is 0 Å². The second kappa shape index (κ2) is 3.58. The number of carbonyl (C=O) groups is 1. The maximum atomic E-state index is 11.6. The molecule has 14 heavy (non-hydrogen) atoms. The van der Waals surface area contributed by atoms with Gasteiger partial charge in [0.1, 0.15) is 18.7 Å². The monoisotopic (exact) mass is 220 g/mol. The van der Waals surface area contributed by atoms with E-state index in [2.05, 4.69) is 9.46 Å². The molecule has 0 aromatic heterocycles. The fourth-order valence-corrected chi connectivity index (χ4v) is 2.34. The van der Waals surface area contributed by atoms with E-state index in [4.69, 9.17) is 4.74 Å². The summed E-state index contributed by atoms with van der Waals surface area (Å²) in [4.78, 5) is 11.0. The van der Waals surface area contributed by atoms with Gasteiger partial charge in [0.15, 0.2) is 11.5 Å². The highest BCUT2D eigenvalue weighted by Crippen LogP contribution is 2.19. The summed E-state index contributed by atoms with van der Waals surface area (Å²) in [5.41, 5.74) is -0.284. The topological polar surface area (TPSA) is 73.9 Å². The zero-order chi connectivity index (χ0) is 10.2. The number of rotatable bonds is 3. The van der Waals surface area contributed by atoms with Gasteiger partial charge in [-0.3, -0.25) is 0 Å². The summed E-state index contributed by atoms with van der Waals surface area (Å²) >= 11 is -1.51. The zero-order valence-corrected chi connectivity index (χ0v) is 8.63. The van der Waals surface area contributed by atoms with Crippen molar-refractivity contribution in [2.75, 3.05) is 26.4 Å². The highest BCUT2D eigenvalue weighted by molar-refractivity contribution is 7.87. The van der Waals surface area contributed by atoms with Crippen molar-refractivity contribution in [3.8, 4) is 0 Å². The number of nitrogens with one attached hydrogen (secondary N) is 1. The minimum atomic E-state index is -1.51. The third-order valence-electron chi connectivity index (χ3n) is 2.10. The van der Waals surface area contributed by atoms with Gasteiger partial charge in [-0.15, -0.1) is 9.03 Å². The maximum absolute atomic E-state index is 11.6. The van der Waals surface area contributed by atoms with Gasteiger partial charge >= 0.3 is 6.09 Å². The van der Waals surface area contributed by atoms with Crippen LogP contribution in [0.2, 0.25) is 0 Å². The van der Waals surface area contributed by atoms with E-state index in [1.807, 2.05) is 6.92 Å². The third-order valence-corrected chi connectivity index (χ3v) is 3.50. The predicted octanol–water partition coefficient (Wildman–Crippen LogP) is -0.604. The van der Waals surface area contributed by atoms with Crippen LogP contribution in [0, 0.1) is 0 Å². The molecule has 1 amide bonds. The molecular weight excluding hydrogens is 208 g/mol. The van der Waals surface area contributed by atoms with E-state index >= 15 is 0 Å². The summed E-state index contributed by atoms with van der Waals surface area (Å²) in [6, 6.07) is 0. The van der Waals surface area contributed by atoms with Crippen molar-refractivity contribution in [1.29, 1.82) is 0 Å². The fraction of sp³-hybridized carbons (Fsp3) is 0.857. The molecule has 1 unspecified atom stereocenters. The summed E-state index contributed by atoms with van der Waals surface area (Å²) in [6.45, 7) is 3.61. The molecule has 0 saturated carbocycles. The maximum Gasteiger partial charge on any atom is 0.453 e. The van der Waals surface area contributed by atoms with Crippen LogP contribution in [0.15, 0.2) is 0 Å². The largest absolute Gasteiger partial charge is 0.573 e. The number of carbonyl (C=O) groups excluding carboxylic acids is 1. The standard InChI is InChI=1S/C7H12N2O4S/c1-7(4-12-5-7)8-14(11)9-2-3-13-6(9)10/h8H,2-5H2,1H3. The molecule has 0 aromatic rings. The van der Waals surface area contributed by atoms with Crippen molar-refractivity contribution in [3.63, 3.8) is 0 Å². The summed E-state index contributed by atoms with van der Waals surface area (Å²) in [5, 5.41) is 0. The Morgan fingerprint density at radius 1 is 1.64 bits per heavy atom. The average Bonchev–Trinajstić information content (AvgIpc) is 2.48. The molecule has 2 heterocycles. The number of ether oxygens (including phenoxy) is 2. The number of hydrogen-bond acceptors (Lipinski definition) is 5. The molecule has 1 N–H and O–H groups in total. The van der Waals surface area contributed by atoms with E-state index < -0.39 is 17.6 Å². The van der Waals surface area contributed by atoms with Crippen molar-refractivity contribution in [2.24, 2.45) is 0 Å². The second-order valence-electron chi connectivity index (χ2n) is 3.62. The van der Waals surface area contributed by atoms with Gasteiger partial charge in [-0.2, -0.15) is 0 Å². The summed E-state index contributed by atoms with van der Waals surface area (Å²) in [5.74, 6) is 0. The molecule has 0 radical (unpaired) electrons.